The summed E-state index contributed by atoms with van der Waals surface area (Å²) in [5, 5.41) is 2.28. The topological polar surface area (TPSA) is 83.7 Å². The summed E-state index contributed by atoms with van der Waals surface area (Å²) in [6.07, 6.45) is -0.118. The highest BCUT2D eigenvalue weighted by molar-refractivity contribution is 7.12. The van der Waals surface area contributed by atoms with Crippen LogP contribution in [0, 0.1) is 0 Å². The maximum absolute atomic E-state index is 13.6. The summed E-state index contributed by atoms with van der Waals surface area (Å²) < 4.78 is 5.83. The van der Waals surface area contributed by atoms with Crippen LogP contribution in [0.15, 0.2) is 94.7 Å². The number of rotatable bonds is 6. The number of carbonyl (C=O) groups excluding carboxylic acids is 3. The number of hydrogen-bond donors (Lipinski definition) is 0. The molecule has 0 saturated carbocycles. The maximum atomic E-state index is 13.6. The molecule has 38 heavy (non-hydrogen) atoms. The minimum atomic E-state index is -0.954. The Kier molecular flexibility index (Phi) is 6.27. The summed E-state index contributed by atoms with van der Waals surface area (Å²) in [5.41, 5.74) is 3.25. The summed E-state index contributed by atoms with van der Waals surface area (Å²) in [5.74, 6) is -0.708. The van der Waals surface area contributed by atoms with Crippen LogP contribution in [0.4, 0.5) is 5.69 Å². The summed E-state index contributed by atoms with van der Waals surface area (Å²) in [7, 11) is 0. The number of benzene rings is 3. The van der Waals surface area contributed by atoms with E-state index in [1.54, 1.807) is 60.0 Å². The average molecular weight is 542 g/mol. The van der Waals surface area contributed by atoms with Gasteiger partial charge in [-0.25, -0.2) is 9.88 Å². The highest BCUT2D eigenvalue weighted by Gasteiger charge is 2.44. The van der Waals surface area contributed by atoms with Crippen LogP contribution in [-0.2, 0) is 16.1 Å². The average Bonchev–Trinajstić information content (AvgIpc) is 3.67. The lowest BCUT2D eigenvalue weighted by molar-refractivity contribution is -0.122. The van der Waals surface area contributed by atoms with E-state index in [1.165, 1.54) is 16.2 Å². The van der Waals surface area contributed by atoms with Gasteiger partial charge in [0.1, 0.15) is 11.6 Å². The quantitative estimate of drug-likeness (QED) is 0.239. The van der Waals surface area contributed by atoms with Gasteiger partial charge in [0.25, 0.3) is 11.8 Å². The third kappa shape index (κ3) is 4.38. The normalized spacial score (nSPS) is 15.4. The number of amides is 3. The molecule has 0 bridgehead atoms. The van der Waals surface area contributed by atoms with E-state index < -0.39 is 11.9 Å². The number of aromatic nitrogens is 1. The second kappa shape index (κ2) is 9.89. The lowest BCUT2D eigenvalue weighted by atomic mass is 10.1. The Labute approximate surface area is 226 Å². The van der Waals surface area contributed by atoms with Gasteiger partial charge in [-0.15, -0.1) is 11.3 Å². The predicted molar refractivity (Wildman–Crippen MR) is 146 cm³/mol. The minimum Gasteiger partial charge on any atom is -0.436 e. The van der Waals surface area contributed by atoms with Gasteiger partial charge in [-0.2, -0.15) is 0 Å². The molecule has 7 nitrogen and oxygen atoms in total. The number of anilines is 1. The van der Waals surface area contributed by atoms with E-state index in [1.807, 2.05) is 30.3 Å². The molecule has 3 aromatic carbocycles. The van der Waals surface area contributed by atoms with Crippen molar-refractivity contribution in [3.63, 3.8) is 0 Å². The van der Waals surface area contributed by atoms with Crippen LogP contribution in [0.1, 0.15) is 21.7 Å². The molecular weight excluding hydrogens is 522 g/mol. The van der Waals surface area contributed by atoms with E-state index in [0.717, 1.165) is 10.4 Å². The first-order valence-electron chi connectivity index (χ1n) is 11.9. The zero-order valence-corrected chi connectivity index (χ0v) is 21.5. The molecule has 1 aliphatic heterocycles. The van der Waals surface area contributed by atoms with Gasteiger partial charge in [-0.05, 0) is 59.5 Å². The maximum Gasteiger partial charge on any atom is 0.264 e. The molecule has 1 aliphatic rings. The molecule has 5 aromatic rings. The van der Waals surface area contributed by atoms with Gasteiger partial charge in [0.05, 0.1) is 17.0 Å². The molecule has 188 valence electrons. The van der Waals surface area contributed by atoms with Crippen molar-refractivity contribution in [3.05, 3.63) is 106 Å². The smallest absolute Gasteiger partial charge is 0.264 e. The van der Waals surface area contributed by atoms with E-state index in [-0.39, 0.29) is 24.8 Å². The number of halogens is 1. The lowest BCUT2D eigenvalue weighted by Crippen LogP contribution is -2.45. The van der Waals surface area contributed by atoms with Gasteiger partial charge in [0.15, 0.2) is 5.58 Å². The molecule has 3 amide bonds. The molecule has 3 heterocycles. The van der Waals surface area contributed by atoms with Crippen molar-refractivity contribution in [2.45, 2.75) is 19.0 Å². The van der Waals surface area contributed by atoms with Crippen LogP contribution in [0.25, 0.3) is 22.6 Å². The minimum absolute atomic E-state index is 0.102. The fourth-order valence-corrected chi connectivity index (χ4v) is 5.43. The number of carbonyl (C=O) groups is 3. The van der Waals surface area contributed by atoms with Crippen LogP contribution in [0.2, 0.25) is 5.02 Å². The number of oxazole rings is 1. The van der Waals surface area contributed by atoms with Crippen molar-refractivity contribution < 1.29 is 18.8 Å². The SMILES string of the molecule is O=C1CC(N(Cc2ccccc2Cl)C(=O)c2cccs2)C(=O)N1c1ccc(-c2nc3ccccc3o2)cc1. The van der Waals surface area contributed by atoms with E-state index in [0.29, 0.717) is 38.2 Å². The van der Waals surface area contributed by atoms with Crippen molar-refractivity contribution in [2.24, 2.45) is 0 Å². The second-order valence-corrected chi connectivity index (χ2v) is 10.2. The van der Waals surface area contributed by atoms with Crippen molar-refractivity contribution >= 4 is 57.4 Å². The first-order chi connectivity index (χ1) is 18.5. The Hall–Kier alpha value is -4.27. The number of fused-ring (bicyclic) bond motifs is 1. The molecule has 6 rings (SSSR count). The molecule has 0 N–H and O–H groups in total. The highest BCUT2D eigenvalue weighted by atomic mass is 35.5. The van der Waals surface area contributed by atoms with Crippen molar-refractivity contribution in [1.29, 1.82) is 0 Å². The fourth-order valence-electron chi connectivity index (χ4n) is 4.55. The lowest BCUT2D eigenvalue weighted by Gasteiger charge is -2.27. The van der Waals surface area contributed by atoms with Crippen molar-refractivity contribution in [3.8, 4) is 11.5 Å². The Morgan fingerprint density at radius 3 is 2.50 bits per heavy atom. The zero-order valence-electron chi connectivity index (χ0n) is 19.9. The third-order valence-electron chi connectivity index (χ3n) is 6.46. The summed E-state index contributed by atoms with van der Waals surface area (Å²) in [6.45, 7) is 0.102. The predicted octanol–water partition coefficient (Wildman–Crippen LogP) is 6.18. The highest BCUT2D eigenvalue weighted by Crippen LogP contribution is 2.31. The largest absolute Gasteiger partial charge is 0.436 e. The van der Waals surface area contributed by atoms with Crippen molar-refractivity contribution in [2.75, 3.05) is 4.90 Å². The molecule has 0 spiro atoms. The van der Waals surface area contributed by atoms with Gasteiger partial charge in [-0.1, -0.05) is 48.0 Å². The Morgan fingerprint density at radius 2 is 1.76 bits per heavy atom. The summed E-state index contributed by atoms with van der Waals surface area (Å²) in [6, 6.07) is 24.0. The molecule has 9 heteroatoms. The Bertz CT molecular complexity index is 1630. The molecule has 0 radical (unpaired) electrons. The van der Waals surface area contributed by atoms with E-state index in [4.69, 9.17) is 16.0 Å². The third-order valence-corrected chi connectivity index (χ3v) is 7.68. The standard InChI is InChI=1S/C29H20ClN3O4S/c30-21-7-2-1-6-19(21)17-32(29(36)25-10-5-15-38-25)23-16-26(34)33(28(23)35)20-13-11-18(12-14-20)27-31-22-8-3-4-9-24(22)37-27/h1-15,23H,16-17H2. The molecule has 0 aliphatic carbocycles. The Morgan fingerprint density at radius 1 is 1.00 bits per heavy atom. The number of nitrogens with zero attached hydrogens (tertiary/aromatic N) is 3. The number of thiophene rings is 1. The van der Waals surface area contributed by atoms with Crippen LogP contribution in [0.5, 0.6) is 0 Å². The molecule has 2 aromatic heterocycles. The fraction of sp³-hybridized carbons (Fsp3) is 0.103. The van der Waals surface area contributed by atoms with Crippen LogP contribution < -0.4 is 4.90 Å². The van der Waals surface area contributed by atoms with E-state index >= 15 is 0 Å². The van der Waals surface area contributed by atoms with Gasteiger partial charge in [-0.3, -0.25) is 14.4 Å². The van der Waals surface area contributed by atoms with E-state index in [2.05, 4.69) is 4.98 Å². The van der Waals surface area contributed by atoms with Gasteiger partial charge < -0.3 is 9.32 Å². The van der Waals surface area contributed by atoms with Crippen LogP contribution >= 0.6 is 22.9 Å². The number of para-hydroxylation sites is 2. The molecule has 1 unspecified atom stereocenters. The molecule has 1 atom stereocenters. The zero-order chi connectivity index (χ0) is 26.2. The van der Waals surface area contributed by atoms with E-state index in [9.17, 15) is 14.4 Å². The summed E-state index contributed by atoms with van der Waals surface area (Å²) in [4.78, 5) is 47.8. The summed E-state index contributed by atoms with van der Waals surface area (Å²) >= 11 is 7.66. The van der Waals surface area contributed by atoms with Gasteiger partial charge in [0.2, 0.25) is 11.8 Å². The second-order valence-electron chi connectivity index (χ2n) is 8.82. The molecule has 1 fully saturated rings. The first kappa shape index (κ1) is 24.1. The van der Waals surface area contributed by atoms with Crippen LogP contribution in [-0.4, -0.2) is 33.6 Å². The number of imide groups is 1. The van der Waals surface area contributed by atoms with Crippen molar-refractivity contribution in [1.82, 2.24) is 9.88 Å². The van der Waals surface area contributed by atoms with Crippen LogP contribution in [0.3, 0.4) is 0 Å². The molecule has 1 saturated heterocycles. The molecular formula is C29H20ClN3O4S. The number of hydrogen-bond acceptors (Lipinski definition) is 6. The van der Waals surface area contributed by atoms with Gasteiger partial charge >= 0.3 is 0 Å². The first-order valence-corrected chi connectivity index (χ1v) is 13.2. The Balaban J connectivity index is 1.29. The van der Waals surface area contributed by atoms with Gasteiger partial charge in [0, 0.05) is 17.1 Å². The monoisotopic (exact) mass is 541 g/mol.